The minimum atomic E-state index is -0.0935. The Morgan fingerprint density at radius 2 is 1.81 bits per heavy atom. The molecule has 7 heteroatoms. The van der Waals surface area contributed by atoms with E-state index in [0.717, 1.165) is 51.7 Å². The number of rotatable bonds is 4. The van der Waals surface area contributed by atoms with Crippen LogP contribution in [0.4, 0.5) is 0 Å². The SMILES string of the molecule is Cc1nc([C@H]2CCCCN2C(=O)CN(C)C)ncc1C(=O)N1CCCCC1. The third-order valence-corrected chi connectivity index (χ3v) is 5.44. The second-order valence-electron chi connectivity index (χ2n) is 7.92. The van der Waals surface area contributed by atoms with Crippen molar-refractivity contribution in [3.05, 3.63) is 23.3 Å². The van der Waals surface area contributed by atoms with Crippen LogP contribution < -0.4 is 0 Å². The van der Waals surface area contributed by atoms with Crippen molar-refractivity contribution in [1.82, 2.24) is 24.7 Å². The van der Waals surface area contributed by atoms with Crippen LogP contribution in [-0.2, 0) is 4.79 Å². The predicted molar refractivity (Wildman–Crippen MR) is 103 cm³/mol. The largest absolute Gasteiger partial charge is 0.339 e. The van der Waals surface area contributed by atoms with Crippen LogP contribution in [-0.4, -0.2) is 76.8 Å². The van der Waals surface area contributed by atoms with E-state index in [1.54, 1.807) is 6.20 Å². The van der Waals surface area contributed by atoms with Gasteiger partial charge in [-0.05, 0) is 59.5 Å². The molecule has 2 aliphatic heterocycles. The number of aryl methyl sites for hydroxylation is 1. The van der Waals surface area contributed by atoms with E-state index in [9.17, 15) is 9.59 Å². The van der Waals surface area contributed by atoms with Gasteiger partial charge < -0.3 is 14.7 Å². The van der Waals surface area contributed by atoms with Crippen LogP contribution >= 0.6 is 0 Å². The van der Waals surface area contributed by atoms with Crippen LogP contribution in [0.25, 0.3) is 0 Å². The highest BCUT2D eigenvalue weighted by molar-refractivity contribution is 5.95. The fraction of sp³-hybridized carbons (Fsp3) is 0.700. The van der Waals surface area contributed by atoms with E-state index in [1.807, 2.05) is 35.7 Å². The maximum absolute atomic E-state index is 12.8. The molecule has 0 aliphatic carbocycles. The van der Waals surface area contributed by atoms with E-state index in [0.29, 0.717) is 23.6 Å². The molecule has 0 spiro atoms. The van der Waals surface area contributed by atoms with Crippen molar-refractivity contribution < 1.29 is 9.59 Å². The third kappa shape index (κ3) is 4.64. The Kier molecular flexibility index (Phi) is 6.42. The van der Waals surface area contributed by atoms with Crippen LogP contribution in [0, 0.1) is 6.92 Å². The van der Waals surface area contributed by atoms with Crippen LogP contribution in [0.15, 0.2) is 6.20 Å². The van der Waals surface area contributed by atoms with Crippen molar-refractivity contribution in [2.24, 2.45) is 0 Å². The molecule has 2 fully saturated rings. The molecule has 148 valence electrons. The van der Waals surface area contributed by atoms with Crippen molar-refractivity contribution >= 4 is 11.8 Å². The first-order valence-corrected chi connectivity index (χ1v) is 10.0. The molecule has 2 saturated heterocycles. The zero-order valence-corrected chi connectivity index (χ0v) is 16.8. The maximum atomic E-state index is 12.8. The summed E-state index contributed by atoms with van der Waals surface area (Å²) in [6, 6.07) is -0.0935. The molecule has 1 aromatic heterocycles. The lowest BCUT2D eigenvalue weighted by Gasteiger charge is -2.35. The van der Waals surface area contributed by atoms with E-state index in [1.165, 1.54) is 6.42 Å². The fourth-order valence-corrected chi connectivity index (χ4v) is 3.98. The standard InChI is InChI=1S/C20H31N5O2/c1-15-16(20(27)24-10-6-4-7-11-24)13-21-19(22-15)17-9-5-8-12-25(17)18(26)14-23(2)3/h13,17H,4-12,14H2,1-3H3/t17-/m1/s1. The number of carbonyl (C=O) groups is 2. The van der Waals surface area contributed by atoms with Gasteiger partial charge in [-0.25, -0.2) is 9.97 Å². The van der Waals surface area contributed by atoms with Crippen LogP contribution in [0.5, 0.6) is 0 Å². The smallest absolute Gasteiger partial charge is 0.257 e. The average Bonchev–Trinajstić information content (AvgIpc) is 2.67. The van der Waals surface area contributed by atoms with Gasteiger partial charge in [0.15, 0.2) is 5.82 Å². The van der Waals surface area contributed by atoms with Crippen molar-refractivity contribution in [1.29, 1.82) is 0 Å². The third-order valence-electron chi connectivity index (χ3n) is 5.44. The Morgan fingerprint density at radius 3 is 2.48 bits per heavy atom. The number of likely N-dealkylation sites (tertiary alicyclic amines) is 2. The lowest BCUT2D eigenvalue weighted by atomic mass is 10.0. The summed E-state index contributed by atoms with van der Waals surface area (Å²) in [5.74, 6) is 0.803. The Labute approximate surface area is 161 Å². The molecule has 2 aliphatic rings. The van der Waals surface area contributed by atoms with E-state index >= 15 is 0 Å². The number of nitrogens with zero attached hydrogens (tertiary/aromatic N) is 5. The molecule has 7 nitrogen and oxygen atoms in total. The van der Waals surface area contributed by atoms with Gasteiger partial charge in [-0.3, -0.25) is 9.59 Å². The molecule has 2 amide bonds. The number of aromatic nitrogens is 2. The fourth-order valence-electron chi connectivity index (χ4n) is 3.98. The monoisotopic (exact) mass is 373 g/mol. The number of carbonyl (C=O) groups excluding carboxylic acids is 2. The van der Waals surface area contributed by atoms with Gasteiger partial charge in [0.2, 0.25) is 5.91 Å². The summed E-state index contributed by atoms with van der Waals surface area (Å²) in [5.41, 5.74) is 1.30. The molecule has 0 unspecified atom stereocenters. The van der Waals surface area contributed by atoms with E-state index < -0.39 is 0 Å². The zero-order chi connectivity index (χ0) is 19.4. The van der Waals surface area contributed by atoms with Gasteiger partial charge in [-0.1, -0.05) is 0 Å². The Balaban J connectivity index is 1.78. The number of piperidine rings is 2. The highest BCUT2D eigenvalue weighted by Crippen LogP contribution is 2.29. The van der Waals surface area contributed by atoms with Crippen molar-refractivity contribution in [3.63, 3.8) is 0 Å². The Bertz CT molecular complexity index is 685. The molecule has 1 atom stereocenters. The molecule has 0 saturated carbocycles. The summed E-state index contributed by atoms with van der Waals surface area (Å²) in [7, 11) is 3.80. The van der Waals surface area contributed by atoms with Gasteiger partial charge in [0.05, 0.1) is 23.8 Å². The quantitative estimate of drug-likeness (QED) is 0.808. The van der Waals surface area contributed by atoms with Gasteiger partial charge in [0, 0.05) is 25.8 Å². The summed E-state index contributed by atoms with van der Waals surface area (Å²) in [6.45, 7) is 4.64. The minimum absolute atomic E-state index is 0.0305. The van der Waals surface area contributed by atoms with Crippen LogP contribution in [0.3, 0.4) is 0 Å². The lowest BCUT2D eigenvalue weighted by Crippen LogP contribution is -2.43. The lowest BCUT2D eigenvalue weighted by molar-refractivity contribution is -0.135. The molecule has 3 heterocycles. The first-order valence-electron chi connectivity index (χ1n) is 10.0. The Morgan fingerprint density at radius 1 is 1.11 bits per heavy atom. The van der Waals surface area contributed by atoms with E-state index in [2.05, 4.69) is 9.97 Å². The Hall–Kier alpha value is -2.02. The highest BCUT2D eigenvalue weighted by atomic mass is 16.2. The summed E-state index contributed by atoms with van der Waals surface area (Å²) >= 11 is 0. The molecular formula is C20H31N5O2. The summed E-state index contributed by atoms with van der Waals surface area (Å²) in [6.07, 6.45) is 7.93. The molecule has 27 heavy (non-hydrogen) atoms. The number of amides is 2. The van der Waals surface area contributed by atoms with Gasteiger partial charge in [-0.2, -0.15) is 0 Å². The molecule has 1 aromatic rings. The second kappa shape index (κ2) is 8.78. The molecule has 0 aromatic carbocycles. The second-order valence-corrected chi connectivity index (χ2v) is 7.92. The maximum Gasteiger partial charge on any atom is 0.257 e. The van der Waals surface area contributed by atoms with Crippen molar-refractivity contribution in [3.8, 4) is 0 Å². The zero-order valence-electron chi connectivity index (χ0n) is 16.8. The summed E-state index contributed by atoms with van der Waals surface area (Å²) in [4.78, 5) is 40.3. The van der Waals surface area contributed by atoms with Gasteiger partial charge in [-0.15, -0.1) is 0 Å². The van der Waals surface area contributed by atoms with Crippen molar-refractivity contribution in [2.45, 2.75) is 51.5 Å². The minimum Gasteiger partial charge on any atom is -0.339 e. The highest BCUT2D eigenvalue weighted by Gasteiger charge is 2.31. The van der Waals surface area contributed by atoms with Gasteiger partial charge >= 0.3 is 0 Å². The average molecular weight is 374 g/mol. The first-order chi connectivity index (χ1) is 13.0. The van der Waals surface area contributed by atoms with Gasteiger partial charge in [0.25, 0.3) is 5.91 Å². The number of hydrogen-bond donors (Lipinski definition) is 0. The van der Waals surface area contributed by atoms with E-state index in [-0.39, 0.29) is 17.9 Å². The molecule has 0 radical (unpaired) electrons. The normalized spacial score (nSPS) is 20.8. The van der Waals surface area contributed by atoms with Gasteiger partial charge in [0.1, 0.15) is 0 Å². The number of hydrogen-bond acceptors (Lipinski definition) is 5. The molecule has 0 bridgehead atoms. The van der Waals surface area contributed by atoms with Crippen molar-refractivity contribution in [2.75, 3.05) is 40.3 Å². The molecular weight excluding hydrogens is 342 g/mol. The molecule has 3 rings (SSSR count). The van der Waals surface area contributed by atoms with Crippen LogP contribution in [0.2, 0.25) is 0 Å². The van der Waals surface area contributed by atoms with E-state index in [4.69, 9.17) is 0 Å². The topological polar surface area (TPSA) is 69.6 Å². The summed E-state index contributed by atoms with van der Waals surface area (Å²) in [5, 5.41) is 0. The molecule has 0 N–H and O–H groups in total. The predicted octanol–water partition coefficient (Wildman–Crippen LogP) is 2.03. The summed E-state index contributed by atoms with van der Waals surface area (Å²) < 4.78 is 0. The number of likely N-dealkylation sites (N-methyl/N-ethyl adjacent to an activating group) is 1. The first kappa shape index (κ1) is 19.7. The van der Waals surface area contributed by atoms with Crippen LogP contribution in [0.1, 0.15) is 66.4 Å².